The highest BCUT2D eigenvalue weighted by molar-refractivity contribution is 9.09. The maximum atomic E-state index is 11.7. The fraction of sp³-hybridized carbons (Fsp3) is 1.00. The normalized spacial score (nSPS) is 19.5. The van der Waals surface area contributed by atoms with Crippen LogP contribution in [-0.4, -0.2) is 25.5 Å². The first-order valence-corrected chi connectivity index (χ1v) is 8.28. The average molecular weight is 298 g/mol. The maximum Gasteiger partial charge on any atom is 0.212 e. The molecule has 0 spiro atoms. The topological polar surface area (TPSA) is 46.2 Å². The van der Waals surface area contributed by atoms with E-state index in [0.29, 0.717) is 17.6 Å². The zero-order valence-corrected chi connectivity index (χ0v) is 11.8. The number of hydrogen-bond donors (Lipinski definition) is 1. The summed E-state index contributed by atoms with van der Waals surface area (Å²) in [7, 11) is -3.06. The fourth-order valence-electron chi connectivity index (χ4n) is 1.52. The molecule has 3 nitrogen and oxygen atoms in total. The lowest BCUT2D eigenvalue weighted by Crippen LogP contribution is -2.40. The van der Waals surface area contributed by atoms with Crippen LogP contribution >= 0.6 is 15.9 Å². The van der Waals surface area contributed by atoms with Crippen LogP contribution in [-0.2, 0) is 10.0 Å². The van der Waals surface area contributed by atoms with Gasteiger partial charge in [0.1, 0.15) is 0 Å². The van der Waals surface area contributed by atoms with Crippen molar-refractivity contribution in [1.29, 1.82) is 0 Å². The molecule has 1 N–H and O–H groups in total. The largest absolute Gasteiger partial charge is 0.212 e. The third-order valence-electron chi connectivity index (χ3n) is 2.71. The molecule has 1 fully saturated rings. The van der Waals surface area contributed by atoms with Crippen molar-refractivity contribution in [2.24, 2.45) is 11.8 Å². The predicted octanol–water partition coefficient (Wildman–Crippen LogP) is 2.13. The molecule has 15 heavy (non-hydrogen) atoms. The van der Waals surface area contributed by atoms with Crippen LogP contribution in [0.15, 0.2) is 0 Å². The van der Waals surface area contributed by atoms with Gasteiger partial charge < -0.3 is 0 Å². The quantitative estimate of drug-likeness (QED) is 0.732. The molecule has 1 rings (SSSR count). The number of rotatable bonds is 7. The highest BCUT2D eigenvalue weighted by Crippen LogP contribution is 2.30. The molecule has 0 bridgehead atoms. The minimum absolute atomic E-state index is 0.0631. The molecule has 0 aromatic heterocycles. The van der Waals surface area contributed by atoms with Crippen LogP contribution in [0.4, 0.5) is 0 Å². The molecule has 1 unspecified atom stereocenters. The molecule has 1 aliphatic rings. The van der Waals surface area contributed by atoms with Gasteiger partial charge >= 0.3 is 0 Å². The van der Waals surface area contributed by atoms with Crippen LogP contribution in [0.3, 0.4) is 0 Å². The maximum absolute atomic E-state index is 11.7. The number of halogens is 1. The second kappa shape index (κ2) is 5.64. The Morgan fingerprint density at radius 1 is 1.40 bits per heavy atom. The SMILES string of the molecule is CC(C)C(CCBr)NS(=O)(=O)CC1CC1. The van der Waals surface area contributed by atoms with Crippen LogP contribution in [0.1, 0.15) is 33.1 Å². The fourth-order valence-corrected chi connectivity index (χ4v) is 3.91. The molecule has 0 saturated heterocycles. The summed E-state index contributed by atoms with van der Waals surface area (Å²) in [6.45, 7) is 4.10. The first kappa shape index (κ1) is 13.5. The van der Waals surface area contributed by atoms with E-state index in [1.54, 1.807) is 0 Å². The van der Waals surface area contributed by atoms with E-state index in [-0.39, 0.29) is 6.04 Å². The Hall–Kier alpha value is 0.390. The lowest BCUT2D eigenvalue weighted by Gasteiger charge is -2.21. The predicted molar refractivity (Wildman–Crippen MR) is 66.7 cm³/mol. The van der Waals surface area contributed by atoms with E-state index in [1.165, 1.54) is 0 Å². The van der Waals surface area contributed by atoms with Crippen molar-refractivity contribution in [3.63, 3.8) is 0 Å². The molecule has 5 heteroatoms. The summed E-state index contributed by atoms with van der Waals surface area (Å²) in [6.07, 6.45) is 3.00. The van der Waals surface area contributed by atoms with Crippen molar-refractivity contribution in [2.45, 2.75) is 39.2 Å². The molecular weight excluding hydrogens is 278 g/mol. The van der Waals surface area contributed by atoms with Crippen molar-refractivity contribution < 1.29 is 8.42 Å². The van der Waals surface area contributed by atoms with E-state index in [9.17, 15) is 8.42 Å². The summed E-state index contributed by atoms with van der Waals surface area (Å²) in [5.41, 5.74) is 0. The third kappa shape index (κ3) is 5.31. The van der Waals surface area contributed by atoms with E-state index in [0.717, 1.165) is 24.6 Å². The molecule has 0 heterocycles. The summed E-state index contributed by atoms with van der Waals surface area (Å²) < 4.78 is 26.3. The van der Waals surface area contributed by atoms with Crippen molar-refractivity contribution >= 4 is 26.0 Å². The van der Waals surface area contributed by atoms with Crippen molar-refractivity contribution in [3.8, 4) is 0 Å². The van der Waals surface area contributed by atoms with Crippen molar-refractivity contribution in [3.05, 3.63) is 0 Å². The van der Waals surface area contributed by atoms with Crippen LogP contribution in [0.25, 0.3) is 0 Å². The highest BCUT2D eigenvalue weighted by atomic mass is 79.9. The Morgan fingerprint density at radius 2 is 2.00 bits per heavy atom. The van der Waals surface area contributed by atoms with Gasteiger partial charge in [-0.3, -0.25) is 0 Å². The Kier molecular flexibility index (Phi) is 5.06. The number of hydrogen-bond acceptors (Lipinski definition) is 2. The Labute approximate surface area is 101 Å². The first-order chi connectivity index (χ1) is 6.94. The van der Waals surface area contributed by atoms with Crippen molar-refractivity contribution in [1.82, 2.24) is 4.72 Å². The smallest absolute Gasteiger partial charge is 0.212 e. The molecule has 1 aliphatic carbocycles. The second-order valence-electron chi connectivity index (χ2n) is 4.67. The Bertz CT molecular complexity index is 286. The minimum atomic E-state index is -3.06. The molecule has 0 aliphatic heterocycles. The molecule has 1 saturated carbocycles. The lowest BCUT2D eigenvalue weighted by molar-refractivity contribution is 0.439. The average Bonchev–Trinajstić information content (AvgIpc) is 2.86. The molecular formula is C10H20BrNO2S. The zero-order valence-electron chi connectivity index (χ0n) is 9.37. The second-order valence-corrected chi connectivity index (χ2v) is 7.26. The van der Waals surface area contributed by atoms with Gasteiger partial charge in [0, 0.05) is 11.4 Å². The molecule has 0 radical (unpaired) electrons. The monoisotopic (exact) mass is 297 g/mol. The Balaban J connectivity index is 2.47. The van der Waals surface area contributed by atoms with Gasteiger partial charge in [0.15, 0.2) is 0 Å². The summed E-state index contributed by atoms with van der Waals surface area (Å²) >= 11 is 3.35. The van der Waals surface area contributed by atoms with Gasteiger partial charge in [0.2, 0.25) is 10.0 Å². The van der Waals surface area contributed by atoms with E-state index < -0.39 is 10.0 Å². The van der Waals surface area contributed by atoms with Gasteiger partial charge in [-0.2, -0.15) is 0 Å². The molecule has 0 aromatic rings. The van der Waals surface area contributed by atoms with Gasteiger partial charge in [-0.05, 0) is 31.1 Å². The number of sulfonamides is 1. The van der Waals surface area contributed by atoms with E-state index in [1.807, 2.05) is 13.8 Å². The van der Waals surface area contributed by atoms with Gasteiger partial charge in [-0.1, -0.05) is 29.8 Å². The van der Waals surface area contributed by atoms with Crippen LogP contribution in [0.2, 0.25) is 0 Å². The van der Waals surface area contributed by atoms with Gasteiger partial charge in [0.05, 0.1) is 5.75 Å². The molecule has 1 atom stereocenters. The first-order valence-electron chi connectivity index (χ1n) is 5.50. The van der Waals surface area contributed by atoms with Gasteiger partial charge in [0.25, 0.3) is 0 Å². The minimum Gasteiger partial charge on any atom is -0.212 e. The standard InChI is InChI=1S/C10H20BrNO2S/c1-8(2)10(5-6-11)12-15(13,14)7-9-3-4-9/h8-10,12H,3-7H2,1-2H3. The van der Waals surface area contributed by atoms with Crippen LogP contribution in [0, 0.1) is 11.8 Å². The summed E-state index contributed by atoms with van der Waals surface area (Å²) in [6, 6.07) is 0.0631. The van der Waals surface area contributed by atoms with E-state index in [4.69, 9.17) is 0 Å². The zero-order chi connectivity index (χ0) is 11.5. The summed E-state index contributed by atoms with van der Waals surface area (Å²) in [4.78, 5) is 0. The summed E-state index contributed by atoms with van der Waals surface area (Å²) in [5.74, 6) is 1.08. The number of nitrogens with one attached hydrogen (secondary N) is 1. The van der Waals surface area contributed by atoms with Crippen LogP contribution < -0.4 is 4.72 Å². The van der Waals surface area contributed by atoms with Crippen LogP contribution in [0.5, 0.6) is 0 Å². The van der Waals surface area contributed by atoms with E-state index >= 15 is 0 Å². The Morgan fingerprint density at radius 3 is 2.40 bits per heavy atom. The third-order valence-corrected chi connectivity index (χ3v) is 4.74. The van der Waals surface area contributed by atoms with Gasteiger partial charge in [-0.15, -0.1) is 0 Å². The molecule has 0 amide bonds. The molecule has 0 aromatic carbocycles. The van der Waals surface area contributed by atoms with E-state index in [2.05, 4.69) is 20.7 Å². The summed E-state index contributed by atoms with van der Waals surface area (Å²) in [5, 5.41) is 0.835. The number of alkyl halides is 1. The molecule has 90 valence electrons. The van der Waals surface area contributed by atoms with Crippen molar-refractivity contribution in [2.75, 3.05) is 11.1 Å². The highest BCUT2D eigenvalue weighted by Gasteiger charge is 2.29. The van der Waals surface area contributed by atoms with Gasteiger partial charge in [-0.25, -0.2) is 13.1 Å². The lowest BCUT2D eigenvalue weighted by atomic mass is 10.0.